The van der Waals surface area contributed by atoms with Gasteiger partial charge in [0.15, 0.2) is 0 Å². The SMILES string of the molecule is Cc1cc(F)cc(Nc2ncc(Br)cc2Cl)c1. The molecule has 5 heteroatoms. The molecule has 88 valence electrons. The summed E-state index contributed by atoms with van der Waals surface area (Å²) in [5.74, 6) is 0.209. The second kappa shape index (κ2) is 5.02. The number of halogens is 3. The first kappa shape index (κ1) is 12.3. The monoisotopic (exact) mass is 314 g/mol. The van der Waals surface area contributed by atoms with E-state index in [-0.39, 0.29) is 5.82 Å². The zero-order valence-corrected chi connectivity index (χ0v) is 11.3. The minimum atomic E-state index is -0.291. The van der Waals surface area contributed by atoms with Crippen molar-refractivity contribution in [2.45, 2.75) is 6.92 Å². The molecule has 1 aromatic carbocycles. The maximum atomic E-state index is 13.2. The van der Waals surface area contributed by atoms with Gasteiger partial charge < -0.3 is 5.32 Å². The number of hydrogen-bond acceptors (Lipinski definition) is 2. The molecular weight excluding hydrogens is 307 g/mol. The first-order valence-corrected chi connectivity index (χ1v) is 6.07. The minimum Gasteiger partial charge on any atom is -0.339 e. The quantitative estimate of drug-likeness (QED) is 0.869. The number of pyridine rings is 1. The van der Waals surface area contributed by atoms with Crippen LogP contribution >= 0.6 is 27.5 Å². The van der Waals surface area contributed by atoms with E-state index in [0.717, 1.165) is 10.0 Å². The molecule has 0 aliphatic heterocycles. The third-order valence-corrected chi connectivity index (χ3v) is 2.83. The smallest absolute Gasteiger partial charge is 0.149 e. The molecule has 1 heterocycles. The zero-order chi connectivity index (χ0) is 12.4. The maximum Gasteiger partial charge on any atom is 0.149 e. The summed E-state index contributed by atoms with van der Waals surface area (Å²) in [6.45, 7) is 1.82. The van der Waals surface area contributed by atoms with Crippen molar-refractivity contribution in [3.05, 3.63) is 51.3 Å². The van der Waals surface area contributed by atoms with E-state index in [1.165, 1.54) is 12.1 Å². The standard InChI is InChI=1S/C12H9BrClFN2/c1-7-2-9(15)5-10(3-7)17-12-11(14)4-8(13)6-16-12/h2-6H,1H3,(H,16,17). The van der Waals surface area contributed by atoms with Crippen LogP contribution in [0.2, 0.25) is 5.02 Å². The molecule has 0 aliphatic rings. The Morgan fingerprint density at radius 3 is 2.71 bits per heavy atom. The van der Waals surface area contributed by atoms with Crippen LogP contribution in [0.25, 0.3) is 0 Å². The molecule has 2 rings (SSSR count). The third kappa shape index (κ3) is 3.17. The van der Waals surface area contributed by atoms with Crippen LogP contribution in [0.4, 0.5) is 15.9 Å². The van der Waals surface area contributed by atoms with E-state index in [1.807, 2.05) is 13.0 Å². The highest BCUT2D eigenvalue weighted by Crippen LogP contribution is 2.26. The highest BCUT2D eigenvalue weighted by molar-refractivity contribution is 9.10. The molecule has 1 N–H and O–H groups in total. The van der Waals surface area contributed by atoms with Gasteiger partial charge in [-0.2, -0.15) is 0 Å². The number of hydrogen-bond donors (Lipinski definition) is 1. The fourth-order valence-electron chi connectivity index (χ4n) is 1.45. The summed E-state index contributed by atoms with van der Waals surface area (Å²) in [5.41, 5.74) is 1.46. The Balaban J connectivity index is 2.31. The second-order valence-electron chi connectivity index (χ2n) is 3.63. The Kier molecular flexibility index (Phi) is 3.64. The van der Waals surface area contributed by atoms with E-state index in [0.29, 0.717) is 16.5 Å². The lowest BCUT2D eigenvalue weighted by molar-refractivity contribution is 0.627. The van der Waals surface area contributed by atoms with Gasteiger partial charge in [0.1, 0.15) is 11.6 Å². The van der Waals surface area contributed by atoms with E-state index >= 15 is 0 Å². The predicted octanol–water partition coefficient (Wildman–Crippen LogP) is 4.69. The summed E-state index contributed by atoms with van der Waals surface area (Å²) in [4.78, 5) is 4.12. The average molecular weight is 316 g/mol. The Morgan fingerprint density at radius 2 is 2.06 bits per heavy atom. The predicted molar refractivity (Wildman–Crippen MR) is 71.4 cm³/mol. The number of anilines is 2. The lowest BCUT2D eigenvalue weighted by Gasteiger charge is -2.08. The first-order valence-electron chi connectivity index (χ1n) is 4.90. The zero-order valence-electron chi connectivity index (χ0n) is 8.97. The molecule has 17 heavy (non-hydrogen) atoms. The minimum absolute atomic E-state index is 0.291. The van der Waals surface area contributed by atoms with Crippen LogP contribution in [0.1, 0.15) is 5.56 Å². The van der Waals surface area contributed by atoms with Gasteiger partial charge >= 0.3 is 0 Å². The van der Waals surface area contributed by atoms with Crippen molar-refractivity contribution in [2.75, 3.05) is 5.32 Å². The van der Waals surface area contributed by atoms with Crippen molar-refractivity contribution in [3.63, 3.8) is 0 Å². The van der Waals surface area contributed by atoms with E-state index < -0.39 is 0 Å². The van der Waals surface area contributed by atoms with Crippen LogP contribution in [-0.2, 0) is 0 Å². The van der Waals surface area contributed by atoms with E-state index in [4.69, 9.17) is 11.6 Å². The lowest BCUT2D eigenvalue weighted by atomic mass is 10.2. The summed E-state index contributed by atoms with van der Waals surface area (Å²) in [5, 5.41) is 3.45. The van der Waals surface area contributed by atoms with Crippen LogP contribution in [0.15, 0.2) is 34.9 Å². The fraction of sp³-hybridized carbons (Fsp3) is 0.0833. The largest absolute Gasteiger partial charge is 0.339 e. The molecule has 0 saturated heterocycles. The van der Waals surface area contributed by atoms with Crippen molar-refractivity contribution in [2.24, 2.45) is 0 Å². The molecule has 0 unspecified atom stereocenters. The highest BCUT2D eigenvalue weighted by atomic mass is 79.9. The third-order valence-electron chi connectivity index (χ3n) is 2.11. The van der Waals surface area contributed by atoms with Gasteiger partial charge in [-0.3, -0.25) is 0 Å². The first-order chi connectivity index (χ1) is 8.04. The number of rotatable bonds is 2. The number of benzene rings is 1. The van der Waals surface area contributed by atoms with E-state index in [2.05, 4.69) is 26.2 Å². The van der Waals surface area contributed by atoms with E-state index in [9.17, 15) is 4.39 Å². The van der Waals surface area contributed by atoms with Gasteiger partial charge in [-0.05, 0) is 52.7 Å². The maximum absolute atomic E-state index is 13.2. The van der Waals surface area contributed by atoms with Crippen LogP contribution in [0.3, 0.4) is 0 Å². The second-order valence-corrected chi connectivity index (χ2v) is 4.95. The molecular formula is C12H9BrClFN2. The van der Waals surface area contributed by atoms with Gasteiger partial charge in [0.25, 0.3) is 0 Å². The molecule has 1 aromatic heterocycles. The van der Waals surface area contributed by atoms with Gasteiger partial charge in [0, 0.05) is 16.4 Å². The number of nitrogens with one attached hydrogen (secondary N) is 1. The van der Waals surface area contributed by atoms with Crippen molar-refractivity contribution in [3.8, 4) is 0 Å². The summed E-state index contributed by atoms with van der Waals surface area (Å²) in [7, 11) is 0. The number of nitrogens with zero attached hydrogens (tertiary/aromatic N) is 1. The lowest BCUT2D eigenvalue weighted by Crippen LogP contribution is -1.95. The molecule has 0 bridgehead atoms. The van der Waals surface area contributed by atoms with E-state index in [1.54, 1.807) is 12.3 Å². The van der Waals surface area contributed by atoms with Crippen LogP contribution < -0.4 is 5.32 Å². The van der Waals surface area contributed by atoms with Crippen LogP contribution in [0.5, 0.6) is 0 Å². The summed E-state index contributed by atoms with van der Waals surface area (Å²) < 4.78 is 14.0. The van der Waals surface area contributed by atoms with Crippen molar-refractivity contribution >= 4 is 39.0 Å². The van der Waals surface area contributed by atoms with Gasteiger partial charge in [-0.1, -0.05) is 11.6 Å². The highest BCUT2D eigenvalue weighted by Gasteiger charge is 2.04. The molecule has 0 fully saturated rings. The van der Waals surface area contributed by atoms with Crippen molar-refractivity contribution in [1.82, 2.24) is 4.98 Å². The summed E-state index contributed by atoms with van der Waals surface area (Å²) in [6.07, 6.45) is 1.63. The fourth-order valence-corrected chi connectivity index (χ4v) is 2.13. The molecule has 0 saturated carbocycles. The molecule has 0 radical (unpaired) electrons. The van der Waals surface area contributed by atoms with Gasteiger partial charge in [-0.15, -0.1) is 0 Å². The van der Waals surface area contributed by atoms with Crippen LogP contribution in [-0.4, -0.2) is 4.98 Å². The topological polar surface area (TPSA) is 24.9 Å². The van der Waals surface area contributed by atoms with Crippen molar-refractivity contribution < 1.29 is 4.39 Å². The molecule has 0 aliphatic carbocycles. The summed E-state index contributed by atoms with van der Waals surface area (Å²) in [6, 6.07) is 6.40. The van der Waals surface area contributed by atoms with Gasteiger partial charge in [0.2, 0.25) is 0 Å². The Labute approximate surface area is 112 Å². The molecule has 2 aromatic rings. The Morgan fingerprint density at radius 1 is 1.29 bits per heavy atom. The molecule has 0 amide bonds. The van der Waals surface area contributed by atoms with Gasteiger partial charge in [0.05, 0.1) is 5.02 Å². The number of aromatic nitrogens is 1. The molecule has 0 spiro atoms. The number of aryl methyl sites for hydroxylation is 1. The van der Waals surface area contributed by atoms with Crippen molar-refractivity contribution in [1.29, 1.82) is 0 Å². The normalized spacial score (nSPS) is 10.4. The van der Waals surface area contributed by atoms with Gasteiger partial charge in [-0.25, -0.2) is 9.37 Å². The summed E-state index contributed by atoms with van der Waals surface area (Å²) >= 11 is 9.28. The average Bonchev–Trinajstić information content (AvgIpc) is 2.21. The van der Waals surface area contributed by atoms with Crippen LogP contribution in [0, 0.1) is 12.7 Å². The molecule has 2 nitrogen and oxygen atoms in total. The Bertz CT molecular complexity index is 540. The Hall–Kier alpha value is -1.13. The molecule has 0 atom stereocenters.